The molecule has 0 aliphatic carbocycles. The van der Waals surface area contributed by atoms with Gasteiger partial charge in [-0.05, 0) is 124 Å². The summed E-state index contributed by atoms with van der Waals surface area (Å²) in [6.07, 6.45) is -1.18. The minimum absolute atomic E-state index is 0.0556. The molecule has 1 fully saturated rings. The number of carboxylic acid groups (broad SMARTS) is 1. The first-order valence-corrected chi connectivity index (χ1v) is 24.5. The first-order chi connectivity index (χ1) is 33.0. The van der Waals surface area contributed by atoms with Crippen LogP contribution in [0.4, 0.5) is 14.4 Å². The van der Waals surface area contributed by atoms with Gasteiger partial charge < -0.3 is 56.1 Å². The number of nitrogens with zero attached hydrogens (tertiary/aromatic N) is 1. The van der Waals surface area contributed by atoms with E-state index in [1.54, 1.807) is 74.4 Å². The molecule has 0 saturated carbocycles. The van der Waals surface area contributed by atoms with Crippen LogP contribution < -0.4 is 31.9 Å². The fraction of sp³-hybridized carbons (Fsp3) is 0.615. The third-order valence-corrected chi connectivity index (χ3v) is 11.1. The third-order valence-electron chi connectivity index (χ3n) is 11.1. The van der Waals surface area contributed by atoms with Gasteiger partial charge in [0.1, 0.15) is 40.5 Å². The quantitative estimate of drug-likeness (QED) is 0.0548. The van der Waals surface area contributed by atoms with Crippen molar-refractivity contribution in [2.24, 2.45) is 11.8 Å². The van der Waals surface area contributed by atoms with Gasteiger partial charge >= 0.3 is 24.2 Å². The lowest BCUT2D eigenvalue weighted by atomic mass is 9.87. The first-order valence-electron chi connectivity index (χ1n) is 24.5. The van der Waals surface area contributed by atoms with Crippen LogP contribution in [0.5, 0.6) is 0 Å². The Balaban J connectivity index is 1.89. The number of hydrogen-bond acceptors (Lipinski definition) is 11. The second-order valence-corrected chi connectivity index (χ2v) is 21.5. The number of rotatable bonds is 22. The Hall–Kier alpha value is -6.40. The maximum absolute atomic E-state index is 14.5. The predicted molar refractivity (Wildman–Crippen MR) is 267 cm³/mol. The van der Waals surface area contributed by atoms with Crippen LogP contribution in [0.1, 0.15) is 126 Å². The van der Waals surface area contributed by atoms with Gasteiger partial charge in [-0.3, -0.25) is 19.2 Å². The Labute approximate surface area is 419 Å². The maximum atomic E-state index is 14.5. The van der Waals surface area contributed by atoms with E-state index in [9.17, 15) is 43.5 Å². The Kier molecular flexibility index (Phi) is 22.2. The number of carbonyl (C=O) groups excluding carboxylic acids is 7. The molecular formula is C52H79N7O12. The number of amides is 7. The number of aliphatic carboxylic acids is 1. The highest BCUT2D eigenvalue weighted by Gasteiger charge is 2.45. The zero-order valence-corrected chi connectivity index (χ0v) is 43.5. The average Bonchev–Trinajstić information content (AvgIpc) is 3.25. The van der Waals surface area contributed by atoms with Crippen molar-refractivity contribution >= 4 is 47.9 Å². The summed E-state index contributed by atoms with van der Waals surface area (Å²) in [4.78, 5) is 109. The molecule has 0 unspecified atom stereocenters. The monoisotopic (exact) mass is 994 g/mol. The lowest BCUT2D eigenvalue weighted by molar-refractivity contribution is -0.150. The number of unbranched alkanes of at least 4 members (excludes halogenated alkanes) is 1. The van der Waals surface area contributed by atoms with Crippen LogP contribution in [-0.2, 0) is 51.0 Å². The van der Waals surface area contributed by atoms with Gasteiger partial charge in [-0.15, -0.1) is 0 Å². The summed E-state index contributed by atoms with van der Waals surface area (Å²) in [7, 11) is 0. The van der Waals surface area contributed by atoms with Crippen molar-refractivity contribution in [1.82, 2.24) is 36.8 Å². The second-order valence-electron chi connectivity index (χ2n) is 21.5. The average molecular weight is 994 g/mol. The number of nitrogens with one attached hydrogen (secondary N) is 6. The Morgan fingerprint density at radius 1 is 0.606 bits per heavy atom. The minimum Gasteiger partial charge on any atom is -0.480 e. The van der Waals surface area contributed by atoms with Crippen LogP contribution in [0.15, 0.2) is 60.7 Å². The predicted octanol–water partition coefficient (Wildman–Crippen LogP) is 5.78. The molecule has 394 valence electrons. The van der Waals surface area contributed by atoms with Crippen LogP contribution >= 0.6 is 0 Å². The van der Waals surface area contributed by atoms with E-state index in [0.717, 1.165) is 11.1 Å². The Morgan fingerprint density at radius 3 is 1.58 bits per heavy atom. The van der Waals surface area contributed by atoms with Crippen molar-refractivity contribution in [3.8, 4) is 0 Å². The van der Waals surface area contributed by atoms with E-state index < -0.39 is 94.3 Å². The molecule has 71 heavy (non-hydrogen) atoms. The SMILES string of the molecule is CC(C)C[C@@H](NC(=O)[C@@H](Cc1ccccc1)NC(=O)[C@H](CNC(=O)OC(C)(C)C)Cc1ccccc1)C(=O)N[C@H](CCCCNC(=O)OC(C)(C)C)C(=O)N1CCC(NC(=O)OC(C)(C)C)(C(=O)O)CC1. The number of ether oxygens (including phenoxy) is 3. The largest absolute Gasteiger partial charge is 0.480 e. The highest BCUT2D eigenvalue weighted by molar-refractivity contribution is 5.95. The zero-order valence-electron chi connectivity index (χ0n) is 43.5. The summed E-state index contributed by atoms with van der Waals surface area (Å²) in [6, 6.07) is 14.8. The van der Waals surface area contributed by atoms with E-state index in [0.29, 0.717) is 12.8 Å². The zero-order chi connectivity index (χ0) is 53.2. The molecule has 2 aromatic rings. The maximum Gasteiger partial charge on any atom is 0.408 e. The van der Waals surface area contributed by atoms with E-state index in [2.05, 4.69) is 31.9 Å². The molecule has 1 heterocycles. The fourth-order valence-corrected chi connectivity index (χ4v) is 7.73. The molecule has 4 atom stereocenters. The summed E-state index contributed by atoms with van der Waals surface area (Å²) >= 11 is 0. The summed E-state index contributed by atoms with van der Waals surface area (Å²) < 4.78 is 16.1. The highest BCUT2D eigenvalue weighted by Crippen LogP contribution is 2.25. The van der Waals surface area contributed by atoms with E-state index in [-0.39, 0.29) is 70.6 Å². The van der Waals surface area contributed by atoms with Crippen molar-refractivity contribution in [3.63, 3.8) is 0 Å². The standard InChI is InChI=1S/C52H79N7O12/c1-34(2)30-39(57-43(62)40(32-36-22-16-13-17-23-36)56-41(60)37(31-35-20-14-12-15-21-35)33-54-47(67)70-50(6,7)8)42(61)55-38(24-18-19-27-53-46(66)69-49(3,4)5)44(63)59-28-25-52(26-29-59,45(64)65)58-48(68)71-51(9,10)11/h12-17,20-23,34,37-40H,18-19,24-33H2,1-11H3,(H,53,66)(H,54,67)(H,55,61)(H,56,60)(H,57,62)(H,58,68)(H,64,65)/t37-,38+,39+,40+/m0/s1. The molecule has 1 saturated heterocycles. The molecule has 0 spiro atoms. The van der Waals surface area contributed by atoms with Gasteiger partial charge in [0, 0.05) is 32.6 Å². The van der Waals surface area contributed by atoms with Crippen molar-refractivity contribution in [1.29, 1.82) is 0 Å². The molecule has 7 amide bonds. The number of benzene rings is 2. The summed E-state index contributed by atoms with van der Waals surface area (Å²) in [5, 5.41) is 26.8. The van der Waals surface area contributed by atoms with Crippen LogP contribution in [0.25, 0.3) is 0 Å². The van der Waals surface area contributed by atoms with Crippen molar-refractivity contribution < 1.29 is 57.7 Å². The summed E-state index contributed by atoms with van der Waals surface area (Å²) in [6.45, 7) is 19.1. The van der Waals surface area contributed by atoms with Crippen LogP contribution in [0.2, 0.25) is 0 Å². The van der Waals surface area contributed by atoms with Crippen LogP contribution in [-0.4, -0.2) is 125 Å². The number of carboxylic acids is 1. The number of hydrogen-bond donors (Lipinski definition) is 7. The highest BCUT2D eigenvalue weighted by atomic mass is 16.6. The molecule has 1 aliphatic rings. The molecule has 7 N–H and O–H groups in total. The number of piperidine rings is 1. The van der Waals surface area contributed by atoms with Gasteiger partial charge in [0.25, 0.3) is 0 Å². The normalized spacial score (nSPS) is 15.4. The van der Waals surface area contributed by atoms with E-state index in [1.165, 1.54) is 4.90 Å². The van der Waals surface area contributed by atoms with Gasteiger partial charge in [0.15, 0.2) is 0 Å². The van der Waals surface area contributed by atoms with Gasteiger partial charge in [-0.1, -0.05) is 74.5 Å². The lowest BCUT2D eigenvalue weighted by Gasteiger charge is -2.40. The fourth-order valence-electron chi connectivity index (χ4n) is 7.73. The Morgan fingerprint density at radius 2 is 1.07 bits per heavy atom. The van der Waals surface area contributed by atoms with Crippen molar-refractivity contribution in [2.75, 3.05) is 26.2 Å². The molecule has 19 nitrogen and oxygen atoms in total. The molecule has 3 rings (SSSR count). The Bertz CT molecular complexity index is 2090. The summed E-state index contributed by atoms with van der Waals surface area (Å²) in [5.41, 5.74) is -2.53. The number of likely N-dealkylation sites (tertiary alicyclic amines) is 1. The van der Waals surface area contributed by atoms with Crippen molar-refractivity contribution in [3.05, 3.63) is 71.8 Å². The molecule has 2 aromatic carbocycles. The smallest absolute Gasteiger partial charge is 0.408 e. The van der Waals surface area contributed by atoms with E-state index >= 15 is 0 Å². The molecule has 1 aliphatic heterocycles. The number of alkyl carbamates (subject to hydrolysis) is 3. The van der Waals surface area contributed by atoms with Crippen LogP contribution in [0.3, 0.4) is 0 Å². The second kappa shape index (κ2) is 26.7. The van der Waals surface area contributed by atoms with E-state index in [1.807, 2.05) is 62.4 Å². The van der Waals surface area contributed by atoms with Crippen molar-refractivity contribution in [2.45, 2.75) is 168 Å². The molecule has 0 aromatic heterocycles. The molecule has 0 radical (unpaired) electrons. The first kappa shape index (κ1) is 58.9. The van der Waals surface area contributed by atoms with E-state index in [4.69, 9.17) is 14.2 Å². The summed E-state index contributed by atoms with van der Waals surface area (Å²) in [5.74, 6) is -4.57. The molecule has 19 heteroatoms. The molecule has 0 bridgehead atoms. The van der Waals surface area contributed by atoms with Gasteiger partial charge in [0.05, 0.1) is 5.92 Å². The lowest BCUT2D eigenvalue weighted by Crippen LogP contribution is -2.63. The topological polar surface area (TPSA) is 260 Å². The minimum atomic E-state index is -1.71. The van der Waals surface area contributed by atoms with Gasteiger partial charge in [-0.25, -0.2) is 19.2 Å². The number of carbonyl (C=O) groups is 8. The third kappa shape index (κ3) is 22.1. The van der Waals surface area contributed by atoms with Gasteiger partial charge in [0.2, 0.25) is 23.6 Å². The van der Waals surface area contributed by atoms with Crippen LogP contribution in [0, 0.1) is 11.8 Å². The molecular weight excluding hydrogens is 915 g/mol. The van der Waals surface area contributed by atoms with Gasteiger partial charge in [-0.2, -0.15) is 0 Å².